The Morgan fingerprint density at radius 2 is 1.83 bits per heavy atom. The molecular formula is C21H22N4O3S. The maximum absolute atomic E-state index is 13.1. The highest BCUT2D eigenvalue weighted by Gasteiger charge is 2.31. The summed E-state index contributed by atoms with van der Waals surface area (Å²) in [4.78, 5) is 20.0. The first-order chi connectivity index (χ1) is 14.0. The molecule has 1 aliphatic rings. The number of hydrogen-bond acceptors (Lipinski definition) is 4. The zero-order valence-electron chi connectivity index (χ0n) is 15.8. The topological polar surface area (TPSA) is 95.2 Å². The van der Waals surface area contributed by atoms with Gasteiger partial charge in [-0.1, -0.05) is 24.3 Å². The number of piperidine rings is 1. The summed E-state index contributed by atoms with van der Waals surface area (Å²) in [5.74, 6) is 0.797. The molecule has 1 aromatic heterocycles. The second-order valence-electron chi connectivity index (χ2n) is 7.00. The second-order valence-corrected chi connectivity index (χ2v) is 8.94. The number of carbonyl (C=O) groups excluding carboxylic acids is 1. The number of hydrogen-bond donors (Lipinski definition) is 2. The average Bonchev–Trinajstić information content (AvgIpc) is 3.30. The summed E-state index contributed by atoms with van der Waals surface area (Å²) in [6.07, 6.45) is 4.91. The number of rotatable bonds is 5. The summed E-state index contributed by atoms with van der Waals surface area (Å²) in [6, 6.07) is 15.2. The minimum Gasteiger partial charge on any atom is -0.348 e. The van der Waals surface area contributed by atoms with E-state index in [4.69, 9.17) is 0 Å². The molecule has 29 heavy (non-hydrogen) atoms. The van der Waals surface area contributed by atoms with Crippen molar-refractivity contribution >= 4 is 21.6 Å². The Hall–Kier alpha value is -2.97. The van der Waals surface area contributed by atoms with E-state index in [2.05, 4.69) is 15.3 Å². The molecule has 0 aliphatic carbocycles. The molecule has 3 aromatic rings. The predicted molar refractivity (Wildman–Crippen MR) is 110 cm³/mol. The summed E-state index contributed by atoms with van der Waals surface area (Å²) in [5.41, 5.74) is 0.964. The number of aromatic amines is 1. The van der Waals surface area contributed by atoms with E-state index < -0.39 is 10.0 Å². The van der Waals surface area contributed by atoms with Gasteiger partial charge in [0.1, 0.15) is 5.82 Å². The van der Waals surface area contributed by atoms with E-state index in [1.54, 1.807) is 36.7 Å². The van der Waals surface area contributed by atoms with Gasteiger partial charge in [-0.05, 0) is 43.2 Å². The molecule has 2 heterocycles. The van der Waals surface area contributed by atoms with E-state index >= 15 is 0 Å². The van der Waals surface area contributed by atoms with Gasteiger partial charge in [-0.2, -0.15) is 4.31 Å². The summed E-state index contributed by atoms with van der Waals surface area (Å²) in [5, 5.41) is 2.78. The van der Waals surface area contributed by atoms with E-state index in [9.17, 15) is 13.2 Å². The molecule has 1 aliphatic heterocycles. The first-order valence-corrected chi connectivity index (χ1v) is 10.9. The summed E-state index contributed by atoms with van der Waals surface area (Å²) >= 11 is 0. The smallest absolute Gasteiger partial charge is 0.255 e. The minimum atomic E-state index is -3.66. The van der Waals surface area contributed by atoms with Gasteiger partial charge in [-0.25, -0.2) is 13.4 Å². The van der Waals surface area contributed by atoms with Crippen molar-refractivity contribution in [3.05, 3.63) is 78.4 Å². The van der Waals surface area contributed by atoms with Gasteiger partial charge in [0.05, 0.1) is 4.90 Å². The van der Waals surface area contributed by atoms with Crippen LogP contribution in [0.25, 0.3) is 0 Å². The van der Waals surface area contributed by atoms with Crippen LogP contribution in [0.1, 0.15) is 34.9 Å². The van der Waals surface area contributed by atoms with Crippen LogP contribution >= 0.6 is 0 Å². The van der Waals surface area contributed by atoms with Crippen molar-refractivity contribution in [2.45, 2.75) is 23.7 Å². The third-order valence-electron chi connectivity index (χ3n) is 5.13. The first-order valence-electron chi connectivity index (χ1n) is 9.50. The molecule has 1 saturated heterocycles. The maximum Gasteiger partial charge on any atom is 0.255 e. The van der Waals surface area contributed by atoms with Crippen molar-refractivity contribution in [1.82, 2.24) is 14.3 Å². The van der Waals surface area contributed by atoms with Crippen molar-refractivity contribution in [3.8, 4) is 0 Å². The van der Waals surface area contributed by atoms with Gasteiger partial charge in [-0.3, -0.25) is 4.79 Å². The SMILES string of the molecule is O=C(Nc1ccccc1)c1cccc(S(=O)(=O)N2CCC(c3ncc[nH]3)CC2)c1. The lowest BCUT2D eigenvalue weighted by Crippen LogP contribution is -2.38. The fraction of sp³-hybridized carbons (Fsp3) is 0.238. The van der Waals surface area contributed by atoms with Gasteiger partial charge in [0.15, 0.2) is 0 Å². The monoisotopic (exact) mass is 410 g/mol. The van der Waals surface area contributed by atoms with E-state index in [1.807, 2.05) is 18.2 Å². The summed E-state index contributed by atoms with van der Waals surface area (Å²) in [6.45, 7) is 0.849. The third kappa shape index (κ3) is 4.23. The summed E-state index contributed by atoms with van der Waals surface area (Å²) in [7, 11) is -3.66. The van der Waals surface area contributed by atoms with Crippen LogP contribution in [0, 0.1) is 0 Å². The third-order valence-corrected chi connectivity index (χ3v) is 7.02. The minimum absolute atomic E-state index is 0.134. The van der Waals surface area contributed by atoms with Crippen molar-refractivity contribution in [3.63, 3.8) is 0 Å². The Labute approximate surface area is 169 Å². The van der Waals surface area contributed by atoms with E-state index in [0.29, 0.717) is 37.2 Å². The quantitative estimate of drug-likeness (QED) is 0.675. The number of aromatic nitrogens is 2. The Kier molecular flexibility index (Phi) is 5.46. The van der Waals surface area contributed by atoms with Gasteiger partial charge in [0.2, 0.25) is 10.0 Å². The van der Waals surface area contributed by atoms with Crippen LogP contribution < -0.4 is 5.32 Å². The van der Waals surface area contributed by atoms with Crippen LogP contribution in [0.5, 0.6) is 0 Å². The van der Waals surface area contributed by atoms with Crippen molar-refractivity contribution < 1.29 is 13.2 Å². The lowest BCUT2D eigenvalue weighted by atomic mass is 9.98. The molecule has 0 spiro atoms. The lowest BCUT2D eigenvalue weighted by molar-refractivity contribution is 0.102. The number of nitrogens with one attached hydrogen (secondary N) is 2. The Bertz CT molecular complexity index is 1070. The van der Waals surface area contributed by atoms with Crippen LogP contribution in [0.4, 0.5) is 5.69 Å². The van der Waals surface area contributed by atoms with Gasteiger partial charge in [0, 0.05) is 42.7 Å². The number of imidazole rings is 1. The van der Waals surface area contributed by atoms with Crippen molar-refractivity contribution in [1.29, 1.82) is 0 Å². The number of H-pyrrole nitrogens is 1. The van der Waals surface area contributed by atoms with Crippen LogP contribution in [0.3, 0.4) is 0 Å². The molecule has 2 aromatic carbocycles. The maximum atomic E-state index is 13.1. The largest absolute Gasteiger partial charge is 0.348 e. The van der Waals surface area contributed by atoms with Gasteiger partial charge in [-0.15, -0.1) is 0 Å². The molecule has 7 nitrogen and oxygen atoms in total. The van der Waals surface area contributed by atoms with Crippen LogP contribution in [-0.2, 0) is 10.0 Å². The van der Waals surface area contributed by atoms with Crippen molar-refractivity contribution in [2.24, 2.45) is 0 Å². The molecule has 0 bridgehead atoms. The number of nitrogens with zero attached hydrogens (tertiary/aromatic N) is 2. The second kappa shape index (κ2) is 8.18. The highest BCUT2D eigenvalue weighted by molar-refractivity contribution is 7.89. The Morgan fingerprint density at radius 3 is 2.52 bits per heavy atom. The number of carbonyl (C=O) groups is 1. The summed E-state index contributed by atoms with van der Waals surface area (Å²) < 4.78 is 27.7. The zero-order valence-corrected chi connectivity index (χ0v) is 16.6. The van der Waals surface area contributed by atoms with E-state index in [0.717, 1.165) is 5.82 Å². The highest BCUT2D eigenvalue weighted by Crippen LogP contribution is 2.29. The Balaban J connectivity index is 1.48. The molecule has 4 rings (SSSR count). The molecule has 0 saturated carbocycles. The van der Waals surface area contributed by atoms with Crippen LogP contribution in [-0.4, -0.2) is 41.7 Å². The average molecular weight is 410 g/mol. The molecule has 0 unspecified atom stereocenters. The molecule has 1 fully saturated rings. The number of benzene rings is 2. The molecule has 150 valence electrons. The first kappa shape index (κ1) is 19.4. The Morgan fingerprint density at radius 1 is 1.07 bits per heavy atom. The number of anilines is 1. The number of para-hydroxylation sites is 1. The van der Waals surface area contributed by atoms with Gasteiger partial charge >= 0.3 is 0 Å². The predicted octanol–water partition coefficient (Wildman–Crippen LogP) is 3.23. The van der Waals surface area contributed by atoms with Crippen molar-refractivity contribution in [2.75, 3.05) is 18.4 Å². The van der Waals surface area contributed by atoms with Gasteiger partial charge in [0.25, 0.3) is 5.91 Å². The lowest BCUT2D eigenvalue weighted by Gasteiger charge is -2.30. The molecule has 0 radical (unpaired) electrons. The molecule has 0 atom stereocenters. The molecule has 8 heteroatoms. The standard InChI is InChI=1S/C21H22N4O3S/c26-21(24-18-6-2-1-3-7-18)17-5-4-8-19(15-17)29(27,28)25-13-9-16(10-14-25)20-22-11-12-23-20/h1-8,11-12,15-16H,9-10,13-14H2,(H,22,23)(H,24,26). The number of sulfonamides is 1. The van der Waals surface area contributed by atoms with E-state index in [1.165, 1.54) is 16.4 Å². The molecule has 1 amide bonds. The molecule has 2 N–H and O–H groups in total. The normalized spacial score (nSPS) is 15.9. The fourth-order valence-corrected chi connectivity index (χ4v) is 5.06. The fourth-order valence-electron chi connectivity index (χ4n) is 3.54. The molecular weight excluding hydrogens is 388 g/mol. The van der Waals surface area contributed by atoms with E-state index in [-0.39, 0.29) is 16.7 Å². The zero-order chi connectivity index (χ0) is 20.3. The van der Waals surface area contributed by atoms with Crippen LogP contribution in [0.2, 0.25) is 0 Å². The van der Waals surface area contributed by atoms with Gasteiger partial charge < -0.3 is 10.3 Å². The highest BCUT2D eigenvalue weighted by atomic mass is 32.2. The van der Waals surface area contributed by atoms with Crippen LogP contribution in [0.15, 0.2) is 71.9 Å². The number of amides is 1.